The molecule has 0 nitrogen and oxygen atoms in total. The van der Waals surface area contributed by atoms with E-state index in [1.54, 1.807) is 0 Å². The third kappa shape index (κ3) is 2.62. The molecule has 0 aliphatic carbocycles. The van der Waals surface area contributed by atoms with Crippen molar-refractivity contribution in [3.8, 4) is 0 Å². The van der Waals surface area contributed by atoms with Crippen molar-refractivity contribution < 1.29 is 0 Å². The first-order valence-electron chi connectivity index (χ1n) is 6.92. The second-order valence-corrected chi connectivity index (χ2v) is 5.69. The third-order valence-electron chi connectivity index (χ3n) is 3.66. The minimum absolute atomic E-state index is 1.02. The van der Waals surface area contributed by atoms with Crippen LogP contribution in [0, 0.1) is 0 Å². The van der Waals surface area contributed by atoms with Crippen molar-refractivity contribution in [1.29, 1.82) is 0 Å². The Hall–Kier alpha value is -1.47. The van der Waals surface area contributed by atoms with Gasteiger partial charge in [-0.25, -0.2) is 0 Å². The highest BCUT2D eigenvalue weighted by atomic mass is 32.1. The third-order valence-corrected chi connectivity index (χ3v) is 3.94. The van der Waals surface area contributed by atoms with E-state index >= 15 is 0 Å². The quantitative estimate of drug-likeness (QED) is 0.461. The molecule has 96 valence electrons. The van der Waals surface area contributed by atoms with Crippen LogP contribution in [0.25, 0.3) is 21.5 Å². The van der Waals surface area contributed by atoms with Crippen LogP contribution < -0.4 is 0 Å². The first kappa shape index (κ1) is 12.6. The maximum Gasteiger partial charge on any atom is 0.00463 e. The summed E-state index contributed by atoms with van der Waals surface area (Å²) in [5, 5.41) is 5.21. The fourth-order valence-electron chi connectivity index (χ4n) is 2.57. The molecule has 0 amide bonds. The van der Waals surface area contributed by atoms with Gasteiger partial charge in [0.2, 0.25) is 0 Å². The zero-order valence-electron chi connectivity index (χ0n) is 11.2. The molecule has 0 spiro atoms. The monoisotopic (exact) mass is 266 g/mol. The van der Waals surface area contributed by atoms with Gasteiger partial charge in [-0.3, -0.25) is 0 Å². The summed E-state index contributed by atoms with van der Waals surface area (Å²) in [5.74, 6) is 0. The first-order chi connectivity index (χ1) is 9.26. The highest BCUT2D eigenvalue weighted by molar-refractivity contribution is 7.80. The molecule has 0 N–H and O–H groups in total. The summed E-state index contributed by atoms with van der Waals surface area (Å²) in [4.78, 5) is 1.02. The van der Waals surface area contributed by atoms with Crippen LogP contribution in [0.2, 0.25) is 0 Å². The molecule has 3 aromatic rings. The van der Waals surface area contributed by atoms with Crippen molar-refractivity contribution in [2.24, 2.45) is 0 Å². The molecule has 0 bridgehead atoms. The SMILES string of the molecule is CCCCc1ccc2cc3ccc(S)cc3cc2c1. The van der Waals surface area contributed by atoms with E-state index in [4.69, 9.17) is 0 Å². The highest BCUT2D eigenvalue weighted by Gasteiger charge is 2.00. The number of thiol groups is 1. The van der Waals surface area contributed by atoms with Gasteiger partial charge in [-0.15, -0.1) is 12.6 Å². The Morgan fingerprint density at radius 2 is 1.47 bits per heavy atom. The summed E-state index contributed by atoms with van der Waals surface area (Å²) in [7, 11) is 0. The van der Waals surface area contributed by atoms with E-state index in [0.717, 1.165) is 4.90 Å². The molecule has 3 rings (SSSR count). The summed E-state index contributed by atoms with van der Waals surface area (Å²) in [6.07, 6.45) is 3.69. The summed E-state index contributed by atoms with van der Waals surface area (Å²) >= 11 is 4.42. The second-order valence-electron chi connectivity index (χ2n) is 5.17. The van der Waals surface area contributed by atoms with E-state index < -0.39 is 0 Å². The lowest BCUT2D eigenvalue weighted by molar-refractivity contribution is 0.796. The minimum Gasteiger partial charge on any atom is -0.143 e. The smallest absolute Gasteiger partial charge is 0.00463 e. The number of benzene rings is 3. The molecule has 0 fully saturated rings. The first-order valence-corrected chi connectivity index (χ1v) is 7.36. The number of hydrogen-bond acceptors (Lipinski definition) is 1. The molecule has 3 aromatic carbocycles. The topological polar surface area (TPSA) is 0 Å². The van der Waals surface area contributed by atoms with Crippen LogP contribution in [0.1, 0.15) is 25.3 Å². The Morgan fingerprint density at radius 3 is 2.26 bits per heavy atom. The maximum absolute atomic E-state index is 4.42. The van der Waals surface area contributed by atoms with Crippen molar-refractivity contribution >= 4 is 34.2 Å². The fourth-order valence-corrected chi connectivity index (χ4v) is 2.78. The van der Waals surface area contributed by atoms with E-state index in [9.17, 15) is 0 Å². The molecule has 0 aromatic heterocycles. The minimum atomic E-state index is 1.02. The molecular formula is C18H18S. The van der Waals surface area contributed by atoms with E-state index in [1.807, 2.05) is 6.07 Å². The van der Waals surface area contributed by atoms with Crippen molar-refractivity contribution in [3.05, 3.63) is 54.1 Å². The lowest BCUT2D eigenvalue weighted by Crippen LogP contribution is -1.85. The van der Waals surface area contributed by atoms with Gasteiger partial charge in [0.1, 0.15) is 0 Å². The van der Waals surface area contributed by atoms with Gasteiger partial charge in [0, 0.05) is 4.90 Å². The van der Waals surface area contributed by atoms with Crippen molar-refractivity contribution in [2.45, 2.75) is 31.1 Å². The summed E-state index contributed by atoms with van der Waals surface area (Å²) in [5.41, 5.74) is 1.44. The van der Waals surface area contributed by atoms with E-state index in [2.05, 4.69) is 62.0 Å². The van der Waals surface area contributed by atoms with Crippen LogP contribution in [-0.4, -0.2) is 0 Å². The van der Waals surface area contributed by atoms with Crippen molar-refractivity contribution in [2.75, 3.05) is 0 Å². The zero-order valence-corrected chi connectivity index (χ0v) is 12.1. The normalized spacial score (nSPS) is 11.3. The van der Waals surface area contributed by atoms with Crippen LogP contribution in [0.3, 0.4) is 0 Å². The van der Waals surface area contributed by atoms with Crippen LogP contribution in [0.5, 0.6) is 0 Å². The standard InChI is InChI=1S/C18H18S/c1-2-3-4-13-5-6-14-10-15-7-8-18(19)12-17(15)11-16(14)9-13/h5-12,19H,2-4H2,1H3. The van der Waals surface area contributed by atoms with E-state index in [0.29, 0.717) is 0 Å². The zero-order chi connectivity index (χ0) is 13.2. The molecule has 19 heavy (non-hydrogen) atoms. The number of aryl methyl sites for hydroxylation is 1. The van der Waals surface area contributed by atoms with Gasteiger partial charge in [-0.2, -0.15) is 0 Å². The summed E-state index contributed by atoms with van der Waals surface area (Å²) in [6, 6.07) is 17.7. The largest absolute Gasteiger partial charge is 0.143 e. The molecule has 0 aliphatic heterocycles. The van der Waals surface area contributed by atoms with Crippen LogP contribution in [0.15, 0.2) is 53.4 Å². The molecule has 0 unspecified atom stereocenters. The van der Waals surface area contributed by atoms with Gasteiger partial charge in [-0.1, -0.05) is 37.6 Å². The van der Waals surface area contributed by atoms with Gasteiger partial charge in [0.15, 0.2) is 0 Å². The average molecular weight is 266 g/mol. The van der Waals surface area contributed by atoms with Crippen molar-refractivity contribution in [3.63, 3.8) is 0 Å². The molecule has 1 heteroatoms. The van der Waals surface area contributed by atoms with E-state index in [1.165, 1.54) is 46.4 Å². The molecular weight excluding hydrogens is 248 g/mol. The number of unbranched alkanes of at least 4 members (excludes halogenated alkanes) is 1. The summed E-state index contributed by atoms with van der Waals surface area (Å²) in [6.45, 7) is 2.24. The number of fused-ring (bicyclic) bond motifs is 2. The Labute approximate surface area is 119 Å². The molecule has 0 saturated heterocycles. The van der Waals surface area contributed by atoms with Gasteiger partial charge in [0.25, 0.3) is 0 Å². The highest BCUT2D eigenvalue weighted by Crippen LogP contribution is 2.26. The van der Waals surface area contributed by atoms with E-state index in [-0.39, 0.29) is 0 Å². The van der Waals surface area contributed by atoms with Gasteiger partial charge in [0.05, 0.1) is 0 Å². The molecule has 0 heterocycles. The second kappa shape index (κ2) is 5.26. The van der Waals surface area contributed by atoms with Gasteiger partial charge < -0.3 is 0 Å². The Balaban J connectivity index is 2.13. The average Bonchev–Trinajstić information content (AvgIpc) is 2.42. The van der Waals surface area contributed by atoms with Crippen molar-refractivity contribution in [1.82, 2.24) is 0 Å². The maximum atomic E-state index is 4.42. The molecule has 0 saturated carbocycles. The molecule has 0 radical (unpaired) electrons. The summed E-state index contributed by atoms with van der Waals surface area (Å²) < 4.78 is 0. The predicted octanol–water partition coefficient (Wildman–Crippen LogP) is 5.62. The lowest BCUT2D eigenvalue weighted by atomic mass is 10.00. The van der Waals surface area contributed by atoms with Crippen LogP contribution in [-0.2, 0) is 6.42 Å². The number of rotatable bonds is 3. The molecule has 0 aliphatic rings. The lowest BCUT2D eigenvalue weighted by Gasteiger charge is -2.06. The Bertz CT molecular complexity index is 728. The van der Waals surface area contributed by atoms with Crippen LogP contribution in [0.4, 0.5) is 0 Å². The Kier molecular flexibility index (Phi) is 3.48. The van der Waals surface area contributed by atoms with Crippen LogP contribution >= 0.6 is 12.6 Å². The Morgan fingerprint density at radius 1 is 0.789 bits per heavy atom. The van der Waals surface area contributed by atoms with Gasteiger partial charge in [-0.05, 0) is 64.2 Å². The molecule has 0 atom stereocenters. The fraction of sp³-hybridized carbons (Fsp3) is 0.222. The van der Waals surface area contributed by atoms with Gasteiger partial charge >= 0.3 is 0 Å². The number of hydrogen-bond donors (Lipinski definition) is 1. The predicted molar refractivity (Wildman–Crippen MR) is 87.3 cm³/mol.